The smallest absolute Gasteiger partial charge is 0.282 e. The van der Waals surface area contributed by atoms with Gasteiger partial charge in [-0.3, -0.25) is 4.55 Å². The molecule has 8 heteroatoms. The quantitative estimate of drug-likeness (QED) is 0.216. The van der Waals surface area contributed by atoms with Crippen LogP contribution in [-0.4, -0.2) is 21.4 Å². The van der Waals surface area contributed by atoms with Crippen molar-refractivity contribution < 1.29 is 21.4 Å². The van der Waals surface area contributed by atoms with E-state index in [1.54, 1.807) is 24.3 Å². The van der Waals surface area contributed by atoms with Gasteiger partial charge >= 0.3 is 0 Å². The van der Waals surface area contributed by atoms with Crippen molar-refractivity contribution in [3.63, 3.8) is 0 Å². The molecular weight excluding hydrogens is 554 g/mol. The number of benzene rings is 6. The lowest BCUT2D eigenvalue weighted by Gasteiger charge is -2.27. The van der Waals surface area contributed by atoms with Crippen LogP contribution in [0.25, 0.3) is 32.7 Å². The molecule has 0 saturated heterocycles. The molecule has 0 bridgehead atoms. The minimum atomic E-state index is -4.35. The maximum Gasteiger partial charge on any atom is 0.294 e. The van der Waals surface area contributed by atoms with Gasteiger partial charge in [0, 0.05) is 10.8 Å². The maximum atomic E-state index is 14.7. The third-order valence-corrected chi connectivity index (χ3v) is 10.2. The molecule has 0 aliphatic heterocycles. The summed E-state index contributed by atoms with van der Waals surface area (Å²) in [4.78, 5) is -0.0603. The van der Waals surface area contributed by atoms with E-state index in [-0.39, 0.29) is 9.79 Å². The minimum absolute atomic E-state index is 0.125. The highest BCUT2D eigenvalue weighted by Gasteiger charge is 2.31. The van der Waals surface area contributed by atoms with E-state index in [1.807, 2.05) is 84.9 Å². The Kier molecular flexibility index (Phi) is 5.76. The Morgan fingerprint density at radius 2 is 1.00 bits per heavy atom. The van der Waals surface area contributed by atoms with Crippen molar-refractivity contribution in [3.05, 3.63) is 132 Å². The van der Waals surface area contributed by atoms with Crippen molar-refractivity contribution >= 4 is 53.1 Å². The van der Waals surface area contributed by atoms with Gasteiger partial charge in [0.05, 0.1) is 21.2 Å². The van der Waals surface area contributed by atoms with E-state index in [0.717, 1.165) is 38.2 Å². The number of sulfonamides is 1. The van der Waals surface area contributed by atoms with E-state index in [1.165, 1.54) is 16.4 Å². The van der Waals surface area contributed by atoms with E-state index in [4.69, 9.17) is 0 Å². The van der Waals surface area contributed by atoms with E-state index in [2.05, 4.69) is 0 Å². The van der Waals surface area contributed by atoms with E-state index >= 15 is 0 Å². The number of rotatable bonds is 5. The molecule has 7 rings (SSSR count). The standard InChI is InChI=1S/C33H23NO5S2/c35-40(36,26-15-17-28-24(20-26)19-25-21-27(41(37,38)39)16-18-29(25)28)34(32-13-5-9-22-7-1-3-11-30(22)32)33-14-6-10-23-8-2-4-12-31(23)33/h1-18,20-21H,19H2,(H,37,38,39). The maximum absolute atomic E-state index is 14.7. The van der Waals surface area contributed by atoms with E-state index < -0.39 is 20.1 Å². The summed E-state index contributed by atoms with van der Waals surface area (Å²) in [6.07, 6.45) is 0.347. The number of hydrogen-bond donors (Lipinski definition) is 1. The van der Waals surface area contributed by atoms with Crippen LogP contribution in [0.5, 0.6) is 0 Å². The number of hydrogen-bond acceptors (Lipinski definition) is 4. The monoisotopic (exact) mass is 577 g/mol. The molecule has 0 heterocycles. The van der Waals surface area contributed by atoms with Crippen LogP contribution in [-0.2, 0) is 26.6 Å². The largest absolute Gasteiger partial charge is 0.294 e. The van der Waals surface area contributed by atoms with Gasteiger partial charge in [0.15, 0.2) is 0 Å². The molecule has 0 aromatic heterocycles. The minimum Gasteiger partial charge on any atom is -0.282 e. The lowest BCUT2D eigenvalue weighted by atomic mass is 10.1. The van der Waals surface area contributed by atoms with Crippen molar-refractivity contribution in [2.24, 2.45) is 0 Å². The summed E-state index contributed by atoms with van der Waals surface area (Å²) in [6, 6.07) is 36.2. The van der Waals surface area contributed by atoms with Crippen LogP contribution in [0.3, 0.4) is 0 Å². The van der Waals surface area contributed by atoms with Crippen LogP contribution < -0.4 is 4.31 Å². The summed E-state index contributed by atoms with van der Waals surface area (Å²) < 4.78 is 63.7. The second kappa shape index (κ2) is 9.27. The molecule has 6 aromatic carbocycles. The Balaban J connectivity index is 1.42. The Hall–Kier alpha value is -4.50. The fourth-order valence-electron chi connectivity index (χ4n) is 5.75. The number of fused-ring (bicyclic) bond motifs is 5. The van der Waals surface area contributed by atoms with Crippen LogP contribution in [0.15, 0.2) is 131 Å². The predicted octanol–water partition coefficient (Wildman–Crippen LogP) is 7.34. The first-order valence-electron chi connectivity index (χ1n) is 13.0. The van der Waals surface area contributed by atoms with Gasteiger partial charge in [-0.1, -0.05) is 84.9 Å². The molecule has 0 radical (unpaired) electrons. The van der Waals surface area contributed by atoms with Gasteiger partial charge in [-0.25, -0.2) is 12.7 Å². The molecular formula is C33H23NO5S2. The Morgan fingerprint density at radius 3 is 1.54 bits per heavy atom. The highest BCUT2D eigenvalue weighted by Crippen LogP contribution is 2.43. The Labute approximate surface area is 237 Å². The van der Waals surface area contributed by atoms with Crippen molar-refractivity contribution in [3.8, 4) is 11.1 Å². The van der Waals surface area contributed by atoms with Crippen LogP contribution >= 0.6 is 0 Å². The van der Waals surface area contributed by atoms with Crippen molar-refractivity contribution in [2.75, 3.05) is 4.31 Å². The first kappa shape index (κ1) is 25.5. The third-order valence-electron chi connectivity index (χ3n) is 7.63. The van der Waals surface area contributed by atoms with Crippen LogP contribution in [0.4, 0.5) is 11.4 Å². The topological polar surface area (TPSA) is 91.7 Å². The molecule has 0 amide bonds. The SMILES string of the molecule is O=S(=O)(O)c1ccc2c(c1)Cc1cc(S(=O)(=O)N(c3cccc4ccccc34)c3cccc4ccccc34)ccc1-2. The number of anilines is 2. The van der Waals surface area contributed by atoms with Crippen molar-refractivity contribution in [2.45, 2.75) is 16.2 Å². The van der Waals surface area contributed by atoms with Gasteiger partial charge in [0.2, 0.25) is 0 Å². The molecule has 0 fully saturated rings. The highest BCUT2D eigenvalue weighted by molar-refractivity contribution is 7.93. The fourth-order valence-corrected chi connectivity index (χ4v) is 7.86. The van der Waals surface area contributed by atoms with Gasteiger partial charge in [0.1, 0.15) is 0 Å². The van der Waals surface area contributed by atoms with Crippen LogP contribution in [0.2, 0.25) is 0 Å². The summed E-state index contributed by atoms with van der Waals surface area (Å²) in [7, 11) is -8.49. The van der Waals surface area contributed by atoms with Gasteiger partial charge in [-0.15, -0.1) is 0 Å². The molecule has 6 aromatic rings. The fraction of sp³-hybridized carbons (Fsp3) is 0.0303. The van der Waals surface area contributed by atoms with Crippen LogP contribution in [0, 0.1) is 0 Å². The van der Waals surface area contributed by atoms with E-state index in [0.29, 0.717) is 23.4 Å². The Morgan fingerprint density at radius 1 is 0.537 bits per heavy atom. The molecule has 0 spiro atoms. The molecule has 0 unspecified atom stereocenters. The summed E-state index contributed by atoms with van der Waals surface area (Å²) in [6.45, 7) is 0. The highest BCUT2D eigenvalue weighted by atomic mass is 32.2. The molecule has 41 heavy (non-hydrogen) atoms. The molecule has 6 nitrogen and oxygen atoms in total. The lowest BCUT2D eigenvalue weighted by molar-refractivity contribution is 0.483. The van der Waals surface area contributed by atoms with Gasteiger partial charge < -0.3 is 0 Å². The molecule has 1 N–H and O–H groups in total. The van der Waals surface area contributed by atoms with Crippen LogP contribution in [0.1, 0.15) is 11.1 Å². The summed E-state index contributed by atoms with van der Waals surface area (Å²) >= 11 is 0. The first-order valence-corrected chi connectivity index (χ1v) is 15.8. The third kappa shape index (κ3) is 4.19. The first-order chi connectivity index (χ1) is 19.7. The molecule has 1 aliphatic rings. The van der Waals surface area contributed by atoms with Crippen molar-refractivity contribution in [1.29, 1.82) is 0 Å². The molecule has 0 saturated carbocycles. The zero-order valence-electron chi connectivity index (χ0n) is 21.6. The predicted molar refractivity (Wildman–Crippen MR) is 162 cm³/mol. The molecule has 1 aliphatic carbocycles. The average molecular weight is 578 g/mol. The van der Waals surface area contributed by atoms with Gasteiger partial charge in [-0.05, 0) is 75.8 Å². The lowest BCUT2D eigenvalue weighted by Crippen LogP contribution is -2.27. The summed E-state index contributed by atoms with van der Waals surface area (Å²) in [5.74, 6) is 0. The zero-order valence-corrected chi connectivity index (χ0v) is 23.2. The van der Waals surface area contributed by atoms with Gasteiger partial charge in [0.25, 0.3) is 20.1 Å². The average Bonchev–Trinajstić information content (AvgIpc) is 3.34. The molecule has 202 valence electrons. The number of nitrogens with zero attached hydrogens (tertiary/aromatic N) is 1. The normalized spacial score (nSPS) is 12.8. The zero-order chi connectivity index (χ0) is 28.4. The second-order valence-electron chi connectivity index (χ2n) is 10.1. The van der Waals surface area contributed by atoms with Gasteiger partial charge in [-0.2, -0.15) is 8.42 Å². The van der Waals surface area contributed by atoms with Crippen molar-refractivity contribution in [1.82, 2.24) is 0 Å². The molecule has 0 atom stereocenters. The summed E-state index contributed by atoms with van der Waals surface area (Å²) in [5.41, 5.74) is 4.22. The Bertz CT molecular complexity index is 2150. The second-order valence-corrected chi connectivity index (χ2v) is 13.3. The van der Waals surface area contributed by atoms with E-state index in [9.17, 15) is 21.4 Å². The summed E-state index contributed by atoms with van der Waals surface area (Å²) in [5, 5.41) is 3.45.